The number of aromatic nitrogens is 3. The number of halogens is 1. The SMILES string of the molecule is OCc1cccc(-n2c(Cc3ccccc3Cl)n[nH]c2=S)c1. The fourth-order valence-corrected chi connectivity index (χ4v) is 2.78. The lowest BCUT2D eigenvalue weighted by molar-refractivity contribution is 0.282. The van der Waals surface area contributed by atoms with E-state index in [0.29, 0.717) is 16.2 Å². The number of hydrogen-bond donors (Lipinski definition) is 2. The summed E-state index contributed by atoms with van der Waals surface area (Å²) in [5, 5.41) is 17.1. The molecule has 1 heterocycles. The van der Waals surface area contributed by atoms with Crippen LogP contribution in [0.15, 0.2) is 48.5 Å². The van der Waals surface area contributed by atoms with Crippen LogP contribution in [0.2, 0.25) is 5.02 Å². The van der Waals surface area contributed by atoms with E-state index < -0.39 is 0 Å². The van der Waals surface area contributed by atoms with Crippen molar-refractivity contribution in [1.82, 2.24) is 14.8 Å². The van der Waals surface area contributed by atoms with Gasteiger partial charge in [0.15, 0.2) is 4.77 Å². The smallest absolute Gasteiger partial charge is 0.199 e. The average molecular weight is 332 g/mol. The van der Waals surface area contributed by atoms with Crippen LogP contribution in [0.1, 0.15) is 17.0 Å². The molecule has 3 aromatic rings. The molecule has 1 aromatic heterocycles. The predicted octanol–water partition coefficient (Wildman–Crippen LogP) is 3.67. The zero-order valence-electron chi connectivity index (χ0n) is 11.7. The first-order valence-electron chi connectivity index (χ1n) is 6.79. The van der Waals surface area contributed by atoms with Crippen molar-refractivity contribution in [3.05, 3.63) is 75.3 Å². The van der Waals surface area contributed by atoms with E-state index in [0.717, 1.165) is 22.6 Å². The van der Waals surface area contributed by atoms with E-state index in [4.69, 9.17) is 23.8 Å². The molecule has 6 heteroatoms. The Labute approximate surface area is 138 Å². The van der Waals surface area contributed by atoms with E-state index in [-0.39, 0.29) is 6.61 Å². The minimum atomic E-state index is -0.0150. The summed E-state index contributed by atoms with van der Waals surface area (Å²) in [6.07, 6.45) is 0.566. The van der Waals surface area contributed by atoms with Gasteiger partial charge in [0.05, 0.1) is 6.61 Å². The van der Waals surface area contributed by atoms with Crippen molar-refractivity contribution in [2.75, 3.05) is 0 Å². The minimum Gasteiger partial charge on any atom is -0.392 e. The highest BCUT2D eigenvalue weighted by Gasteiger charge is 2.11. The zero-order chi connectivity index (χ0) is 15.5. The van der Waals surface area contributed by atoms with Crippen molar-refractivity contribution in [3.63, 3.8) is 0 Å². The van der Waals surface area contributed by atoms with Crippen molar-refractivity contribution in [1.29, 1.82) is 0 Å². The molecule has 112 valence electrons. The van der Waals surface area contributed by atoms with Gasteiger partial charge in [0.1, 0.15) is 5.82 Å². The highest BCUT2D eigenvalue weighted by molar-refractivity contribution is 7.71. The van der Waals surface area contributed by atoms with E-state index in [1.165, 1.54) is 0 Å². The Balaban J connectivity index is 2.04. The molecular formula is C16H14ClN3OS. The van der Waals surface area contributed by atoms with Crippen molar-refractivity contribution < 1.29 is 5.11 Å². The first kappa shape index (κ1) is 15.0. The van der Waals surface area contributed by atoms with Gasteiger partial charge in [-0.1, -0.05) is 41.9 Å². The van der Waals surface area contributed by atoms with Crippen LogP contribution in [0.25, 0.3) is 5.69 Å². The molecular weight excluding hydrogens is 318 g/mol. The van der Waals surface area contributed by atoms with Crippen molar-refractivity contribution in [2.45, 2.75) is 13.0 Å². The summed E-state index contributed by atoms with van der Waals surface area (Å²) in [4.78, 5) is 0. The Bertz CT molecular complexity index is 856. The van der Waals surface area contributed by atoms with Gasteiger partial charge in [-0.15, -0.1) is 0 Å². The van der Waals surface area contributed by atoms with Crippen LogP contribution >= 0.6 is 23.8 Å². The molecule has 3 rings (SSSR count). The van der Waals surface area contributed by atoms with Gasteiger partial charge < -0.3 is 5.11 Å². The molecule has 0 bridgehead atoms. The largest absolute Gasteiger partial charge is 0.392 e. The average Bonchev–Trinajstić information content (AvgIpc) is 2.90. The van der Waals surface area contributed by atoms with Gasteiger partial charge >= 0.3 is 0 Å². The molecule has 4 nitrogen and oxygen atoms in total. The summed E-state index contributed by atoms with van der Waals surface area (Å²) in [5.41, 5.74) is 2.68. The highest BCUT2D eigenvalue weighted by Crippen LogP contribution is 2.20. The Kier molecular flexibility index (Phi) is 4.38. The van der Waals surface area contributed by atoms with Crippen LogP contribution in [0.5, 0.6) is 0 Å². The standard InChI is InChI=1S/C16H14ClN3OS/c17-14-7-2-1-5-12(14)9-15-18-19-16(22)20(15)13-6-3-4-11(8-13)10-21/h1-8,21H,9-10H2,(H,19,22). The Hall–Kier alpha value is -1.95. The molecule has 0 amide bonds. The maximum atomic E-state index is 9.29. The lowest BCUT2D eigenvalue weighted by atomic mass is 10.1. The topological polar surface area (TPSA) is 53.8 Å². The van der Waals surface area contributed by atoms with E-state index >= 15 is 0 Å². The Morgan fingerprint density at radius 1 is 1.18 bits per heavy atom. The predicted molar refractivity (Wildman–Crippen MR) is 88.9 cm³/mol. The molecule has 22 heavy (non-hydrogen) atoms. The van der Waals surface area contributed by atoms with Gasteiger partial charge in [0, 0.05) is 17.1 Å². The maximum absolute atomic E-state index is 9.29. The highest BCUT2D eigenvalue weighted by atomic mass is 35.5. The lowest BCUT2D eigenvalue weighted by Gasteiger charge is -2.09. The van der Waals surface area contributed by atoms with E-state index in [2.05, 4.69) is 10.2 Å². The number of benzene rings is 2. The molecule has 0 aliphatic heterocycles. The maximum Gasteiger partial charge on any atom is 0.199 e. The fourth-order valence-electron chi connectivity index (χ4n) is 2.32. The fraction of sp³-hybridized carbons (Fsp3) is 0.125. The first-order chi connectivity index (χ1) is 10.7. The molecule has 2 N–H and O–H groups in total. The molecule has 0 radical (unpaired) electrons. The molecule has 0 atom stereocenters. The number of hydrogen-bond acceptors (Lipinski definition) is 3. The van der Waals surface area contributed by atoms with Crippen molar-refractivity contribution >= 4 is 23.8 Å². The molecule has 0 unspecified atom stereocenters. The second kappa shape index (κ2) is 6.44. The van der Waals surface area contributed by atoms with E-state index in [9.17, 15) is 5.11 Å². The van der Waals surface area contributed by atoms with Gasteiger partial charge in [-0.2, -0.15) is 5.10 Å². The number of aliphatic hydroxyl groups excluding tert-OH is 1. The molecule has 0 aliphatic rings. The van der Waals surface area contributed by atoms with Crippen LogP contribution in [-0.2, 0) is 13.0 Å². The summed E-state index contributed by atoms with van der Waals surface area (Å²) < 4.78 is 2.37. The minimum absolute atomic E-state index is 0.0150. The molecule has 0 aliphatic carbocycles. The van der Waals surface area contributed by atoms with Crippen LogP contribution in [0.4, 0.5) is 0 Å². The number of aromatic amines is 1. The number of H-pyrrole nitrogens is 1. The third-order valence-corrected chi connectivity index (χ3v) is 4.04. The monoisotopic (exact) mass is 331 g/mol. The summed E-state index contributed by atoms with van der Waals surface area (Å²) in [7, 11) is 0. The third kappa shape index (κ3) is 2.97. The normalized spacial score (nSPS) is 10.8. The van der Waals surface area contributed by atoms with Crippen LogP contribution < -0.4 is 0 Å². The Morgan fingerprint density at radius 3 is 2.77 bits per heavy atom. The second-order valence-electron chi connectivity index (χ2n) is 4.88. The van der Waals surface area contributed by atoms with Crippen LogP contribution in [0.3, 0.4) is 0 Å². The summed E-state index contributed by atoms with van der Waals surface area (Å²) in [6, 6.07) is 15.2. The van der Waals surface area contributed by atoms with Gasteiger partial charge in [-0.3, -0.25) is 9.67 Å². The summed E-state index contributed by atoms with van der Waals surface area (Å²) in [6.45, 7) is -0.0150. The van der Waals surface area contributed by atoms with Gasteiger partial charge in [0.2, 0.25) is 0 Å². The number of nitrogens with one attached hydrogen (secondary N) is 1. The second-order valence-corrected chi connectivity index (χ2v) is 5.67. The summed E-state index contributed by atoms with van der Waals surface area (Å²) >= 11 is 11.6. The van der Waals surface area contributed by atoms with Crippen molar-refractivity contribution in [3.8, 4) is 5.69 Å². The molecule has 0 spiro atoms. The molecule has 0 fully saturated rings. The lowest BCUT2D eigenvalue weighted by Crippen LogP contribution is -2.03. The zero-order valence-corrected chi connectivity index (χ0v) is 13.2. The number of rotatable bonds is 4. The van der Waals surface area contributed by atoms with Gasteiger partial charge in [0.25, 0.3) is 0 Å². The van der Waals surface area contributed by atoms with E-state index in [1.807, 2.05) is 53.1 Å². The van der Waals surface area contributed by atoms with Crippen LogP contribution in [0, 0.1) is 4.77 Å². The van der Waals surface area contributed by atoms with Crippen molar-refractivity contribution in [2.24, 2.45) is 0 Å². The molecule has 0 saturated heterocycles. The Morgan fingerprint density at radius 2 is 2.00 bits per heavy atom. The summed E-state index contributed by atoms with van der Waals surface area (Å²) in [5.74, 6) is 0.771. The van der Waals surface area contributed by atoms with Gasteiger partial charge in [-0.25, -0.2) is 0 Å². The third-order valence-electron chi connectivity index (χ3n) is 3.40. The number of nitrogens with zero attached hydrogens (tertiary/aromatic N) is 2. The number of aliphatic hydroxyl groups is 1. The first-order valence-corrected chi connectivity index (χ1v) is 7.57. The quantitative estimate of drug-likeness (QED) is 0.717. The molecule has 2 aromatic carbocycles. The molecule has 0 saturated carbocycles. The van der Waals surface area contributed by atoms with Crippen LogP contribution in [-0.4, -0.2) is 19.9 Å². The van der Waals surface area contributed by atoms with E-state index in [1.54, 1.807) is 0 Å². The van der Waals surface area contributed by atoms with Gasteiger partial charge in [-0.05, 0) is 41.5 Å².